The van der Waals surface area contributed by atoms with E-state index in [2.05, 4.69) is 32.2 Å². The van der Waals surface area contributed by atoms with Crippen LogP contribution in [0, 0.1) is 0 Å². The van der Waals surface area contributed by atoms with Gasteiger partial charge in [-0.15, -0.1) is 0 Å². The van der Waals surface area contributed by atoms with Crippen LogP contribution in [-0.4, -0.2) is 58.8 Å². The Labute approximate surface area is 175 Å². The molecular formula is C22H26N6O2. The molecule has 0 radical (unpaired) electrons. The van der Waals surface area contributed by atoms with Crippen LogP contribution in [0.3, 0.4) is 0 Å². The fraction of sp³-hybridized carbons (Fsp3) is 0.364. The first-order valence-electron chi connectivity index (χ1n) is 10.1. The van der Waals surface area contributed by atoms with Gasteiger partial charge in [-0.1, -0.05) is 18.2 Å². The second-order valence-electron chi connectivity index (χ2n) is 7.69. The molecule has 0 unspecified atom stereocenters. The van der Waals surface area contributed by atoms with Crippen molar-refractivity contribution in [2.45, 2.75) is 13.0 Å². The summed E-state index contributed by atoms with van der Waals surface area (Å²) >= 11 is 0. The summed E-state index contributed by atoms with van der Waals surface area (Å²) < 4.78 is 1.29. The molecule has 8 nitrogen and oxygen atoms in total. The van der Waals surface area contributed by atoms with Gasteiger partial charge in [0.15, 0.2) is 0 Å². The fourth-order valence-corrected chi connectivity index (χ4v) is 3.70. The largest absolute Gasteiger partial charge is 0.354 e. The van der Waals surface area contributed by atoms with Crippen LogP contribution in [0.5, 0.6) is 0 Å². The third-order valence-corrected chi connectivity index (χ3v) is 5.49. The molecule has 1 aliphatic rings. The quantitative estimate of drug-likeness (QED) is 0.679. The van der Waals surface area contributed by atoms with Crippen molar-refractivity contribution in [3.05, 3.63) is 64.2 Å². The Morgan fingerprint density at radius 2 is 1.80 bits per heavy atom. The minimum absolute atomic E-state index is 0.116. The number of piperazine rings is 1. The predicted octanol–water partition coefficient (Wildman–Crippen LogP) is 0.939. The van der Waals surface area contributed by atoms with Gasteiger partial charge in [0.1, 0.15) is 5.82 Å². The molecule has 1 amide bonds. The first kappa shape index (κ1) is 20.0. The van der Waals surface area contributed by atoms with E-state index < -0.39 is 0 Å². The smallest absolute Gasteiger partial charge is 0.274 e. The van der Waals surface area contributed by atoms with Crippen molar-refractivity contribution in [2.75, 3.05) is 38.1 Å². The van der Waals surface area contributed by atoms with E-state index in [-0.39, 0.29) is 17.9 Å². The van der Waals surface area contributed by atoms with Crippen molar-refractivity contribution in [1.82, 2.24) is 25.0 Å². The minimum Gasteiger partial charge on any atom is -0.354 e. The lowest BCUT2D eigenvalue weighted by atomic mass is 10.1. The van der Waals surface area contributed by atoms with Crippen LogP contribution in [0.1, 0.15) is 11.3 Å². The number of carbonyl (C=O) groups excluding carboxylic acids is 1. The van der Waals surface area contributed by atoms with E-state index in [1.54, 1.807) is 19.3 Å². The van der Waals surface area contributed by atoms with Gasteiger partial charge < -0.3 is 15.1 Å². The zero-order chi connectivity index (χ0) is 21.1. The molecule has 156 valence electrons. The standard InChI is InChI=1S/C22H26N6O2/c1-26-9-11-28(12-10-26)20-13-16(7-8-23-20)15-24-21(29)14-19-17-5-3-4-6-18(17)22(30)27(2)25-19/h3-8,13H,9-12,14-15H2,1-2H3,(H,24,29). The van der Waals surface area contributed by atoms with Gasteiger partial charge in [0.2, 0.25) is 5.91 Å². The third kappa shape index (κ3) is 4.33. The number of likely N-dealkylation sites (N-methyl/N-ethyl adjacent to an activating group) is 1. The van der Waals surface area contributed by atoms with Crippen molar-refractivity contribution in [1.29, 1.82) is 0 Å². The summed E-state index contributed by atoms with van der Waals surface area (Å²) in [6.07, 6.45) is 1.90. The van der Waals surface area contributed by atoms with Crippen molar-refractivity contribution >= 4 is 22.5 Å². The van der Waals surface area contributed by atoms with Crippen molar-refractivity contribution in [2.24, 2.45) is 7.05 Å². The molecule has 8 heteroatoms. The molecular weight excluding hydrogens is 380 g/mol. The number of hydrogen-bond acceptors (Lipinski definition) is 6. The molecule has 3 aromatic rings. The molecule has 30 heavy (non-hydrogen) atoms. The summed E-state index contributed by atoms with van der Waals surface area (Å²) in [4.78, 5) is 33.9. The van der Waals surface area contributed by atoms with Gasteiger partial charge in [0, 0.05) is 51.4 Å². The maximum absolute atomic E-state index is 12.6. The van der Waals surface area contributed by atoms with Crippen LogP contribution < -0.4 is 15.8 Å². The predicted molar refractivity (Wildman–Crippen MR) is 116 cm³/mol. The summed E-state index contributed by atoms with van der Waals surface area (Å²) in [6, 6.07) is 11.2. The highest BCUT2D eigenvalue weighted by Gasteiger charge is 2.16. The molecule has 0 spiro atoms. The minimum atomic E-state index is -0.164. The number of aromatic nitrogens is 3. The fourth-order valence-electron chi connectivity index (χ4n) is 3.70. The van der Waals surface area contributed by atoms with E-state index in [0.717, 1.165) is 42.9 Å². The van der Waals surface area contributed by atoms with E-state index in [4.69, 9.17) is 0 Å². The summed E-state index contributed by atoms with van der Waals surface area (Å²) in [5, 5.41) is 8.55. The molecule has 0 atom stereocenters. The van der Waals surface area contributed by atoms with E-state index >= 15 is 0 Å². The number of anilines is 1. The highest BCUT2D eigenvalue weighted by molar-refractivity contribution is 5.88. The Bertz CT molecular complexity index is 1120. The highest BCUT2D eigenvalue weighted by Crippen LogP contribution is 2.16. The summed E-state index contributed by atoms with van der Waals surface area (Å²) in [6.45, 7) is 4.35. The van der Waals surface area contributed by atoms with E-state index in [9.17, 15) is 9.59 Å². The SMILES string of the molecule is CN1CCN(c2cc(CNC(=O)Cc3nn(C)c(=O)c4ccccc34)ccn2)CC1. The van der Waals surface area contributed by atoms with Crippen LogP contribution in [-0.2, 0) is 24.8 Å². The number of fused-ring (bicyclic) bond motifs is 1. The lowest BCUT2D eigenvalue weighted by Gasteiger charge is -2.33. The average Bonchev–Trinajstić information content (AvgIpc) is 2.77. The zero-order valence-corrected chi connectivity index (χ0v) is 17.3. The molecule has 1 fully saturated rings. The molecule has 1 aliphatic heterocycles. The van der Waals surface area contributed by atoms with Crippen molar-refractivity contribution in [3.63, 3.8) is 0 Å². The molecule has 1 N–H and O–H groups in total. The topological polar surface area (TPSA) is 83.4 Å². The van der Waals surface area contributed by atoms with Crippen LogP contribution >= 0.6 is 0 Å². The molecule has 1 saturated heterocycles. The second kappa shape index (κ2) is 8.62. The van der Waals surface area contributed by atoms with Crippen molar-refractivity contribution < 1.29 is 4.79 Å². The lowest BCUT2D eigenvalue weighted by Crippen LogP contribution is -2.44. The molecule has 3 heterocycles. The van der Waals surface area contributed by atoms with Gasteiger partial charge in [-0.25, -0.2) is 9.67 Å². The summed E-state index contributed by atoms with van der Waals surface area (Å²) in [5.74, 6) is 0.810. The first-order chi connectivity index (χ1) is 14.5. The van der Waals surface area contributed by atoms with Gasteiger partial charge in [-0.3, -0.25) is 9.59 Å². The normalized spacial score (nSPS) is 14.8. The van der Waals surface area contributed by atoms with Crippen LogP contribution in [0.4, 0.5) is 5.82 Å². The molecule has 1 aromatic carbocycles. The Kier molecular flexibility index (Phi) is 5.76. The van der Waals surface area contributed by atoms with Gasteiger partial charge >= 0.3 is 0 Å². The summed E-state index contributed by atoms with van der Waals surface area (Å²) in [7, 11) is 3.73. The van der Waals surface area contributed by atoms with E-state index in [0.29, 0.717) is 17.6 Å². The number of pyridine rings is 1. The van der Waals surface area contributed by atoms with Crippen LogP contribution in [0.2, 0.25) is 0 Å². The van der Waals surface area contributed by atoms with E-state index in [1.165, 1.54) is 4.68 Å². The number of amides is 1. The number of hydrogen-bond donors (Lipinski definition) is 1. The molecule has 0 saturated carbocycles. The Morgan fingerprint density at radius 1 is 1.07 bits per heavy atom. The molecule has 4 rings (SSSR count). The van der Waals surface area contributed by atoms with Crippen LogP contribution in [0.25, 0.3) is 10.8 Å². The third-order valence-electron chi connectivity index (χ3n) is 5.49. The number of nitrogens with one attached hydrogen (secondary N) is 1. The Balaban J connectivity index is 1.42. The van der Waals surface area contributed by atoms with Gasteiger partial charge in [0.25, 0.3) is 5.56 Å². The van der Waals surface area contributed by atoms with Gasteiger partial charge in [0.05, 0.1) is 17.5 Å². The summed E-state index contributed by atoms with van der Waals surface area (Å²) in [5.41, 5.74) is 1.44. The van der Waals surface area contributed by atoms with E-state index in [1.807, 2.05) is 30.3 Å². The molecule has 2 aromatic heterocycles. The molecule has 0 bridgehead atoms. The van der Waals surface area contributed by atoms with Gasteiger partial charge in [-0.05, 0) is 30.8 Å². The monoisotopic (exact) mass is 406 g/mol. The maximum Gasteiger partial charge on any atom is 0.274 e. The van der Waals surface area contributed by atoms with Crippen LogP contribution in [0.15, 0.2) is 47.4 Å². The number of benzene rings is 1. The zero-order valence-electron chi connectivity index (χ0n) is 17.3. The lowest BCUT2D eigenvalue weighted by molar-refractivity contribution is -0.120. The molecule has 0 aliphatic carbocycles. The highest BCUT2D eigenvalue weighted by atomic mass is 16.1. The second-order valence-corrected chi connectivity index (χ2v) is 7.69. The number of carbonyl (C=O) groups is 1. The number of aryl methyl sites for hydroxylation is 1. The first-order valence-corrected chi connectivity index (χ1v) is 10.1. The average molecular weight is 406 g/mol. The number of rotatable bonds is 5. The van der Waals surface area contributed by atoms with Gasteiger partial charge in [-0.2, -0.15) is 5.10 Å². The maximum atomic E-state index is 12.6. The van der Waals surface area contributed by atoms with Crippen molar-refractivity contribution in [3.8, 4) is 0 Å². The Hall–Kier alpha value is -3.26. The Morgan fingerprint density at radius 3 is 2.57 bits per heavy atom. The number of nitrogens with zero attached hydrogens (tertiary/aromatic N) is 5.